The molecular weight excluding hydrogens is 499 g/mol. The molecule has 0 unspecified atom stereocenters. The van der Waals surface area contributed by atoms with E-state index in [1.807, 2.05) is 71.9 Å². The third kappa shape index (κ3) is 5.86. The summed E-state index contributed by atoms with van der Waals surface area (Å²) >= 11 is 23.6. The number of rotatable bonds is 6. The molecule has 0 atom stereocenters. The first-order valence-electron chi connectivity index (χ1n) is 10.1. The van der Waals surface area contributed by atoms with Crippen LogP contribution in [0, 0.1) is 13.8 Å². The summed E-state index contributed by atoms with van der Waals surface area (Å²) in [7, 11) is 0. The summed E-state index contributed by atoms with van der Waals surface area (Å²) in [6.45, 7) is 5.13. The highest BCUT2D eigenvalue weighted by Gasteiger charge is 2.14. The highest BCUT2D eigenvalue weighted by atomic mass is 35.5. The average Bonchev–Trinajstić information content (AvgIpc) is 3.31. The number of hydrogen-bond acceptors (Lipinski definition) is 3. The van der Waals surface area contributed by atoms with Crippen LogP contribution in [-0.2, 0) is 13.1 Å². The van der Waals surface area contributed by atoms with E-state index in [9.17, 15) is 0 Å². The molecule has 10 heteroatoms. The van der Waals surface area contributed by atoms with E-state index in [-0.39, 0.29) is 0 Å². The quantitative estimate of drug-likeness (QED) is 0.282. The summed E-state index contributed by atoms with van der Waals surface area (Å²) < 4.78 is 3.74. The Hall–Kier alpha value is -2.58. The van der Waals surface area contributed by atoms with Crippen molar-refractivity contribution in [3.8, 4) is 0 Å². The van der Waals surface area contributed by atoms with E-state index in [2.05, 4.69) is 20.8 Å². The maximum absolute atomic E-state index is 6.14. The number of aryl methyl sites for hydroxylation is 1. The Bertz CT molecular complexity index is 1300. The Morgan fingerprint density at radius 1 is 0.879 bits per heavy atom. The Morgan fingerprint density at radius 3 is 2.33 bits per heavy atom. The minimum Gasteiger partial charge on any atom is -0.329 e. The van der Waals surface area contributed by atoms with Gasteiger partial charge in [0.15, 0.2) is 10.9 Å². The van der Waals surface area contributed by atoms with E-state index in [0.29, 0.717) is 39.1 Å². The van der Waals surface area contributed by atoms with Crippen LogP contribution in [0.25, 0.3) is 0 Å². The molecule has 0 aliphatic rings. The number of thiocarbonyl (C=S) groups is 1. The van der Waals surface area contributed by atoms with Gasteiger partial charge in [0.1, 0.15) is 0 Å². The van der Waals surface area contributed by atoms with Crippen LogP contribution < -0.4 is 10.6 Å². The van der Waals surface area contributed by atoms with Gasteiger partial charge >= 0.3 is 0 Å². The molecule has 170 valence electrons. The number of nitrogens with zero attached hydrogens (tertiary/aromatic N) is 4. The monoisotopic (exact) mass is 518 g/mol. The van der Waals surface area contributed by atoms with Gasteiger partial charge in [-0.3, -0.25) is 9.36 Å². The van der Waals surface area contributed by atoms with E-state index in [1.54, 1.807) is 6.07 Å². The third-order valence-corrected chi connectivity index (χ3v) is 6.27. The first-order chi connectivity index (χ1) is 15.8. The normalized spacial score (nSPS) is 10.9. The van der Waals surface area contributed by atoms with Gasteiger partial charge in [-0.25, -0.2) is 0 Å². The van der Waals surface area contributed by atoms with Gasteiger partial charge < -0.3 is 10.6 Å². The van der Waals surface area contributed by atoms with Gasteiger partial charge in [-0.05, 0) is 61.5 Å². The number of benzene rings is 2. The molecule has 0 amide bonds. The van der Waals surface area contributed by atoms with Crippen LogP contribution >= 0.6 is 47.0 Å². The van der Waals surface area contributed by atoms with Crippen molar-refractivity contribution in [2.24, 2.45) is 0 Å². The summed E-state index contributed by atoms with van der Waals surface area (Å²) in [6.07, 6.45) is 1.89. The molecule has 6 nitrogen and oxygen atoms in total. The fraction of sp³-hybridized carbons (Fsp3) is 0.174. The molecule has 33 heavy (non-hydrogen) atoms. The Kier molecular flexibility index (Phi) is 7.24. The zero-order valence-electron chi connectivity index (χ0n) is 17.9. The largest absolute Gasteiger partial charge is 0.329 e. The predicted molar refractivity (Wildman–Crippen MR) is 140 cm³/mol. The minimum absolute atomic E-state index is 0.437. The van der Waals surface area contributed by atoms with Crippen LogP contribution in [-0.4, -0.2) is 24.7 Å². The lowest BCUT2D eigenvalue weighted by molar-refractivity contribution is 0.659. The van der Waals surface area contributed by atoms with Crippen molar-refractivity contribution in [1.29, 1.82) is 0 Å². The Balaban J connectivity index is 1.40. The van der Waals surface area contributed by atoms with E-state index in [4.69, 9.17) is 47.0 Å². The number of halogens is 3. The van der Waals surface area contributed by atoms with E-state index < -0.39 is 0 Å². The molecule has 0 saturated heterocycles. The molecule has 2 heterocycles. The SMILES string of the molecule is Cc1nn(Cc2ccc(Cl)c(Cl)c2)c(C)c1NC(=S)Nc1ccn(Cc2ccc(Cl)cc2)n1. The van der Waals surface area contributed by atoms with E-state index in [1.165, 1.54) is 0 Å². The average molecular weight is 520 g/mol. The van der Waals surface area contributed by atoms with E-state index >= 15 is 0 Å². The lowest BCUT2D eigenvalue weighted by Crippen LogP contribution is -2.20. The number of nitrogens with one attached hydrogen (secondary N) is 2. The summed E-state index contributed by atoms with van der Waals surface area (Å²) in [4.78, 5) is 0. The van der Waals surface area contributed by atoms with Gasteiger partial charge in [-0.2, -0.15) is 10.2 Å². The molecule has 0 radical (unpaired) electrons. The van der Waals surface area contributed by atoms with Crippen LogP contribution in [0.2, 0.25) is 15.1 Å². The van der Waals surface area contributed by atoms with Crippen molar-refractivity contribution in [3.05, 3.63) is 92.3 Å². The smallest absolute Gasteiger partial charge is 0.176 e. The van der Waals surface area contributed by atoms with Gasteiger partial charge in [-0.15, -0.1) is 0 Å². The molecule has 2 aromatic heterocycles. The number of aromatic nitrogens is 4. The third-order valence-electron chi connectivity index (χ3n) is 5.08. The molecule has 2 aromatic carbocycles. The molecule has 0 aliphatic heterocycles. The fourth-order valence-corrected chi connectivity index (χ4v) is 4.05. The summed E-state index contributed by atoms with van der Waals surface area (Å²) in [5.41, 5.74) is 4.76. The van der Waals surface area contributed by atoms with Gasteiger partial charge in [0, 0.05) is 17.3 Å². The number of anilines is 2. The van der Waals surface area contributed by atoms with Crippen LogP contribution in [0.4, 0.5) is 11.5 Å². The standard InChI is InChI=1S/C23H21Cl3N6S/c1-14-22(15(2)32(29-14)13-17-5-8-19(25)20(26)11-17)28-23(33)27-21-9-10-31(30-21)12-16-3-6-18(24)7-4-16/h3-11H,12-13H2,1-2H3,(H2,27,28,30,33). The second-order valence-electron chi connectivity index (χ2n) is 7.56. The Labute approximate surface area is 212 Å². The van der Waals surface area contributed by atoms with Crippen molar-refractivity contribution in [2.45, 2.75) is 26.9 Å². The first-order valence-corrected chi connectivity index (χ1v) is 11.7. The lowest BCUT2D eigenvalue weighted by atomic mass is 10.2. The van der Waals surface area contributed by atoms with Crippen LogP contribution in [0.3, 0.4) is 0 Å². The summed E-state index contributed by atoms with van der Waals surface area (Å²) in [5.74, 6) is 0.653. The fourth-order valence-electron chi connectivity index (χ4n) is 3.40. The molecule has 2 N–H and O–H groups in total. The van der Waals surface area contributed by atoms with Crippen LogP contribution in [0.5, 0.6) is 0 Å². The van der Waals surface area contributed by atoms with Gasteiger partial charge in [-0.1, -0.05) is 53.0 Å². The van der Waals surface area contributed by atoms with E-state index in [0.717, 1.165) is 28.2 Å². The van der Waals surface area contributed by atoms with Crippen LogP contribution in [0.1, 0.15) is 22.5 Å². The molecule has 0 spiro atoms. The lowest BCUT2D eigenvalue weighted by Gasteiger charge is -2.10. The van der Waals surface area contributed by atoms with Gasteiger partial charge in [0.2, 0.25) is 0 Å². The second-order valence-corrected chi connectivity index (χ2v) is 9.22. The zero-order valence-corrected chi connectivity index (χ0v) is 21.0. The molecule has 4 aromatic rings. The summed E-state index contributed by atoms with van der Waals surface area (Å²) in [6, 6.07) is 15.1. The van der Waals surface area contributed by atoms with Crippen molar-refractivity contribution in [2.75, 3.05) is 10.6 Å². The molecule has 4 rings (SSSR count). The summed E-state index contributed by atoms with van der Waals surface area (Å²) in [5, 5.41) is 17.7. The zero-order chi connectivity index (χ0) is 23.5. The van der Waals surface area contributed by atoms with Crippen LogP contribution in [0.15, 0.2) is 54.7 Å². The highest BCUT2D eigenvalue weighted by molar-refractivity contribution is 7.80. The van der Waals surface area contributed by atoms with Crippen molar-refractivity contribution in [3.63, 3.8) is 0 Å². The van der Waals surface area contributed by atoms with Crippen molar-refractivity contribution < 1.29 is 0 Å². The van der Waals surface area contributed by atoms with Gasteiger partial charge in [0.05, 0.1) is 40.2 Å². The van der Waals surface area contributed by atoms with Crippen molar-refractivity contribution in [1.82, 2.24) is 19.6 Å². The molecule has 0 saturated carbocycles. The molecule has 0 bridgehead atoms. The maximum Gasteiger partial charge on any atom is 0.176 e. The number of hydrogen-bond donors (Lipinski definition) is 2. The molecule has 0 aliphatic carbocycles. The first kappa shape index (κ1) is 23.6. The minimum atomic E-state index is 0.437. The maximum atomic E-state index is 6.14. The van der Waals surface area contributed by atoms with Gasteiger partial charge in [0.25, 0.3) is 0 Å². The topological polar surface area (TPSA) is 59.7 Å². The second kappa shape index (κ2) is 10.1. The molecule has 0 fully saturated rings. The van der Waals surface area contributed by atoms with Crippen molar-refractivity contribution >= 4 is 63.6 Å². The Morgan fingerprint density at radius 2 is 1.61 bits per heavy atom. The highest BCUT2D eigenvalue weighted by Crippen LogP contribution is 2.25. The molecular formula is C23H21Cl3N6S. The predicted octanol–water partition coefficient (Wildman–Crippen LogP) is 6.56.